The highest BCUT2D eigenvalue weighted by Gasteiger charge is 2.56. The predicted molar refractivity (Wildman–Crippen MR) is 111 cm³/mol. The number of fused-ring (bicyclic) bond motifs is 4. The van der Waals surface area contributed by atoms with E-state index < -0.39 is 21.5 Å². The fraction of sp³-hybridized carbons (Fsp3) is 0.550. The molecule has 0 aliphatic carbocycles. The standard InChI is InChI=1S/C20H27N3O6S/c1-21-15-7-13(29-3)5-6-14(15)18-19(21)16(8-24)23(30(4,26)27)12-20(18)10-22(11-20)17(25)9-28-2/h5-7,16,24H,8-12H2,1-4H3/t16-/m1/s1. The minimum atomic E-state index is -3.58. The third kappa shape index (κ3) is 3.01. The molecular formula is C20H27N3O6S. The molecule has 164 valence electrons. The van der Waals surface area contributed by atoms with E-state index >= 15 is 0 Å². The molecule has 1 spiro atoms. The summed E-state index contributed by atoms with van der Waals surface area (Å²) < 4.78 is 38.9. The van der Waals surface area contributed by atoms with Gasteiger partial charge in [0.2, 0.25) is 15.9 Å². The van der Waals surface area contributed by atoms with E-state index in [2.05, 4.69) is 0 Å². The second kappa shape index (κ2) is 7.23. The van der Waals surface area contributed by atoms with Crippen LogP contribution < -0.4 is 4.74 Å². The van der Waals surface area contributed by atoms with E-state index in [1.165, 1.54) is 11.4 Å². The van der Waals surface area contributed by atoms with Gasteiger partial charge in [0.15, 0.2) is 0 Å². The van der Waals surface area contributed by atoms with Crippen LogP contribution in [0.5, 0.6) is 5.75 Å². The van der Waals surface area contributed by atoms with Crippen molar-refractivity contribution in [3.05, 3.63) is 29.5 Å². The Morgan fingerprint density at radius 1 is 1.27 bits per heavy atom. The fourth-order valence-electron chi connectivity index (χ4n) is 4.99. The lowest BCUT2D eigenvalue weighted by molar-refractivity contribution is -0.144. The van der Waals surface area contributed by atoms with Gasteiger partial charge in [0.05, 0.1) is 31.5 Å². The van der Waals surface area contributed by atoms with Crippen LogP contribution in [0.2, 0.25) is 0 Å². The Labute approximate surface area is 175 Å². The van der Waals surface area contributed by atoms with Gasteiger partial charge in [-0.05, 0) is 17.7 Å². The van der Waals surface area contributed by atoms with Gasteiger partial charge < -0.3 is 24.0 Å². The predicted octanol–water partition coefficient (Wildman–Crippen LogP) is 0.222. The number of carbonyl (C=O) groups excluding carboxylic acids is 1. The van der Waals surface area contributed by atoms with Crippen LogP contribution in [0.4, 0.5) is 0 Å². The third-order valence-electron chi connectivity index (χ3n) is 6.31. The van der Waals surface area contributed by atoms with Gasteiger partial charge in [-0.1, -0.05) is 0 Å². The third-order valence-corrected chi connectivity index (χ3v) is 7.55. The molecule has 2 aliphatic rings. The number of benzene rings is 1. The van der Waals surface area contributed by atoms with Crippen LogP contribution >= 0.6 is 0 Å². The monoisotopic (exact) mass is 437 g/mol. The number of likely N-dealkylation sites (tertiary alicyclic amines) is 1. The molecule has 1 amide bonds. The van der Waals surface area contributed by atoms with Gasteiger partial charge in [0.1, 0.15) is 12.4 Å². The number of rotatable bonds is 5. The summed E-state index contributed by atoms with van der Waals surface area (Å²) >= 11 is 0. The Balaban J connectivity index is 1.92. The first-order valence-corrected chi connectivity index (χ1v) is 11.5. The number of aliphatic hydroxyl groups is 1. The molecule has 2 aromatic rings. The molecule has 0 unspecified atom stereocenters. The molecule has 9 nitrogen and oxygen atoms in total. The first-order chi connectivity index (χ1) is 14.2. The maximum Gasteiger partial charge on any atom is 0.248 e. The average molecular weight is 438 g/mol. The summed E-state index contributed by atoms with van der Waals surface area (Å²) in [6.07, 6.45) is 1.16. The number of sulfonamides is 1. The molecule has 4 rings (SSSR count). The molecule has 30 heavy (non-hydrogen) atoms. The lowest BCUT2D eigenvalue weighted by atomic mass is 9.69. The SMILES string of the molecule is COCC(=O)N1CC2(C1)CN(S(C)(=O)=O)[C@H](CO)c1c2c2ccc(OC)cc2n1C. The van der Waals surface area contributed by atoms with Gasteiger partial charge in [-0.25, -0.2) is 8.42 Å². The summed E-state index contributed by atoms with van der Waals surface area (Å²) in [5.41, 5.74) is 2.12. The Morgan fingerprint density at radius 2 is 1.97 bits per heavy atom. The zero-order valence-corrected chi connectivity index (χ0v) is 18.4. The summed E-state index contributed by atoms with van der Waals surface area (Å²) in [5, 5.41) is 11.2. The number of carbonyl (C=O) groups is 1. The molecule has 1 fully saturated rings. The minimum absolute atomic E-state index is 0.00920. The molecule has 1 saturated heterocycles. The maximum absolute atomic E-state index is 12.6. The number of ether oxygens (including phenoxy) is 2. The van der Waals surface area contributed by atoms with Crippen LogP contribution in [-0.4, -0.2) is 86.5 Å². The van der Waals surface area contributed by atoms with Gasteiger partial charge in [-0.3, -0.25) is 4.79 Å². The Hall–Kier alpha value is -2.14. The zero-order valence-electron chi connectivity index (χ0n) is 17.6. The van der Waals surface area contributed by atoms with E-state index in [-0.39, 0.29) is 25.7 Å². The van der Waals surface area contributed by atoms with E-state index in [0.717, 1.165) is 28.4 Å². The van der Waals surface area contributed by atoms with E-state index in [1.54, 1.807) is 12.0 Å². The van der Waals surface area contributed by atoms with Crippen LogP contribution in [0.25, 0.3) is 10.9 Å². The number of nitrogens with zero attached hydrogens (tertiary/aromatic N) is 3. The highest BCUT2D eigenvalue weighted by atomic mass is 32.2. The van der Waals surface area contributed by atoms with Crippen molar-refractivity contribution in [2.24, 2.45) is 7.05 Å². The first kappa shape index (κ1) is 21.1. The number of amides is 1. The highest BCUT2D eigenvalue weighted by molar-refractivity contribution is 7.88. The van der Waals surface area contributed by atoms with Crippen molar-refractivity contribution < 1.29 is 27.8 Å². The largest absolute Gasteiger partial charge is 0.497 e. The molecule has 10 heteroatoms. The number of aryl methyl sites for hydroxylation is 1. The smallest absolute Gasteiger partial charge is 0.248 e. The molecule has 0 saturated carbocycles. The summed E-state index contributed by atoms with van der Waals surface area (Å²) in [5.74, 6) is 0.572. The molecule has 1 N–H and O–H groups in total. The summed E-state index contributed by atoms with van der Waals surface area (Å²) in [6, 6.07) is 5.07. The number of hydrogen-bond acceptors (Lipinski definition) is 6. The van der Waals surface area contributed by atoms with Crippen molar-refractivity contribution in [3.8, 4) is 5.75 Å². The Bertz CT molecular complexity index is 1100. The lowest BCUT2D eigenvalue weighted by Crippen LogP contribution is -2.68. The molecule has 1 atom stereocenters. The van der Waals surface area contributed by atoms with Gasteiger partial charge in [-0.2, -0.15) is 4.31 Å². The van der Waals surface area contributed by atoms with Crippen molar-refractivity contribution in [3.63, 3.8) is 0 Å². The van der Waals surface area contributed by atoms with Crippen molar-refractivity contribution in [1.82, 2.24) is 13.8 Å². The maximum atomic E-state index is 12.6. The summed E-state index contributed by atoms with van der Waals surface area (Å²) in [4.78, 5) is 14.0. The van der Waals surface area contributed by atoms with Gasteiger partial charge in [0.25, 0.3) is 0 Å². The van der Waals surface area contributed by atoms with Crippen LogP contribution in [-0.2, 0) is 32.0 Å². The molecule has 0 bridgehead atoms. The quantitative estimate of drug-likeness (QED) is 0.718. The molecular weight excluding hydrogens is 410 g/mol. The highest BCUT2D eigenvalue weighted by Crippen LogP contribution is 2.50. The normalized spacial score (nSPS) is 21.0. The van der Waals surface area contributed by atoms with E-state index in [1.807, 2.05) is 29.8 Å². The van der Waals surface area contributed by atoms with Gasteiger partial charge in [0, 0.05) is 56.4 Å². The van der Waals surface area contributed by atoms with E-state index in [4.69, 9.17) is 9.47 Å². The Morgan fingerprint density at radius 3 is 2.53 bits per heavy atom. The zero-order chi connectivity index (χ0) is 21.8. The van der Waals surface area contributed by atoms with Crippen LogP contribution in [0.3, 0.4) is 0 Å². The number of methoxy groups -OCH3 is 2. The van der Waals surface area contributed by atoms with Crippen LogP contribution in [0, 0.1) is 0 Å². The molecule has 1 aromatic carbocycles. The molecule has 2 aliphatic heterocycles. The van der Waals surface area contributed by atoms with E-state index in [9.17, 15) is 18.3 Å². The minimum Gasteiger partial charge on any atom is -0.497 e. The van der Waals surface area contributed by atoms with Crippen molar-refractivity contribution >= 4 is 26.8 Å². The van der Waals surface area contributed by atoms with Crippen molar-refractivity contribution in [2.75, 3.05) is 53.3 Å². The molecule has 3 heterocycles. The van der Waals surface area contributed by atoms with Gasteiger partial charge >= 0.3 is 0 Å². The van der Waals surface area contributed by atoms with E-state index in [0.29, 0.717) is 18.8 Å². The molecule has 0 radical (unpaired) electrons. The number of hydrogen-bond donors (Lipinski definition) is 1. The van der Waals surface area contributed by atoms with Crippen LogP contribution in [0.15, 0.2) is 18.2 Å². The van der Waals surface area contributed by atoms with Gasteiger partial charge in [-0.15, -0.1) is 0 Å². The lowest BCUT2D eigenvalue weighted by Gasteiger charge is -2.55. The Kier molecular flexibility index (Phi) is 5.08. The van der Waals surface area contributed by atoms with Crippen molar-refractivity contribution in [2.45, 2.75) is 11.5 Å². The fourth-order valence-corrected chi connectivity index (χ4v) is 6.10. The topological polar surface area (TPSA) is 101 Å². The molecule has 1 aromatic heterocycles. The number of aromatic nitrogens is 1. The summed E-state index contributed by atoms with van der Waals surface area (Å²) in [7, 11) is 1.35. The first-order valence-electron chi connectivity index (χ1n) is 9.68. The second-order valence-corrected chi connectivity index (χ2v) is 10.1. The summed E-state index contributed by atoms with van der Waals surface area (Å²) in [6.45, 7) is 0.676. The second-order valence-electron chi connectivity index (χ2n) is 8.17. The van der Waals surface area contributed by atoms with Crippen molar-refractivity contribution in [1.29, 1.82) is 0 Å². The number of aliphatic hydroxyl groups excluding tert-OH is 1. The van der Waals surface area contributed by atoms with Crippen LogP contribution in [0.1, 0.15) is 17.3 Å². The average Bonchev–Trinajstić information content (AvgIpc) is 2.97.